The number of ether oxygens (including phenoxy) is 4. The second-order valence-electron chi connectivity index (χ2n) is 17.4. The first-order chi connectivity index (χ1) is 23.4. The van der Waals surface area contributed by atoms with E-state index in [1.54, 1.807) is 0 Å². The Morgan fingerprint density at radius 1 is 0.551 bits per heavy atom. The summed E-state index contributed by atoms with van der Waals surface area (Å²) in [6.45, 7) is 12.7. The van der Waals surface area contributed by atoms with Crippen molar-refractivity contribution in [3.8, 4) is 11.5 Å². The molecule has 49 heavy (non-hydrogen) atoms. The summed E-state index contributed by atoms with van der Waals surface area (Å²) >= 11 is -0.690. The fourth-order valence-electron chi connectivity index (χ4n) is 11.6. The standard InChI is InChI=1S/C42H54O6Te/c1-23-9-37(25(3)7-35(23)45-21-39(43)47-41(5)31-13-27-11-28(15-31)16-32(41)14-27)49-38-10-24(2)36(8-26(38)4)46-22-40(44)48-42(6)33-17-29-12-30(19-33)20-34(42)18-29/h7-10,27-34H,11-22H2,1-6H3. The number of carbonyl (C=O) groups excluding carboxylic acids is 2. The summed E-state index contributed by atoms with van der Waals surface area (Å²) in [5.74, 6) is 6.41. The van der Waals surface area contributed by atoms with E-state index >= 15 is 0 Å². The zero-order valence-electron chi connectivity index (χ0n) is 30.3. The molecule has 8 aliphatic carbocycles. The van der Waals surface area contributed by atoms with Gasteiger partial charge in [0.15, 0.2) is 0 Å². The van der Waals surface area contributed by atoms with Crippen LogP contribution in [0, 0.1) is 75.0 Å². The fraction of sp³-hybridized carbons (Fsp3) is 0.667. The van der Waals surface area contributed by atoms with E-state index in [4.69, 9.17) is 18.9 Å². The van der Waals surface area contributed by atoms with Crippen LogP contribution < -0.4 is 16.7 Å². The number of rotatable bonds is 10. The molecule has 0 atom stereocenters. The van der Waals surface area contributed by atoms with Crippen LogP contribution in [0.5, 0.6) is 11.5 Å². The number of benzene rings is 2. The molecule has 0 unspecified atom stereocenters. The number of hydrogen-bond acceptors (Lipinski definition) is 6. The third-order valence-corrected chi connectivity index (χ3v) is 17.8. The molecule has 6 nitrogen and oxygen atoms in total. The maximum absolute atomic E-state index is 13.1. The van der Waals surface area contributed by atoms with Crippen molar-refractivity contribution in [2.24, 2.45) is 47.3 Å². The first-order valence-electron chi connectivity index (χ1n) is 19.0. The minimum absolute atomic E-state index is 0.0488. The van der Waals surface area contributed by atoms with Gasteiger partial charge in [-0.15, -0.1) is 0 Å². The van der Waals surface area contributed by atoms with Gasteiger partial charge in [-0.05, 0) is 12.8 Å². The van der Waals surface area contributed by atoms with Crippen LogP contribution in [0.3, 0.4) is 0 Å². The Balaban J connectivity index is 0.860. The zero-order chi connectivity index (χ0) is 34.2. The molecule has 8 saturated carbocycles. The normalized spacial score (nSPS) is 36.5. The van der Waals surface area contributed by atoms with Gasteiger partial charge in [-0.2, -0.15) is 0 Å². The van der Waals surface area contributed by atoms with Crippen molar-refractivity contribution in [1.82, 2.24) is 0 Å². The summed E-state index contributed by atoms with van der Waals surface area (Å²) in [6, 6.07) is 8.64. The Morgan fingerprint density at radius 2 is 0.878 bits per heavy atom. The molecule has 0 aromatic heterocycles. The fourth-order valence-corrected chi connectivity index (χ4v) is 14.8. The predicted octanol–water partition coefficient (Wildman–Crippen LogP) is 6.85. The third kappa shape index (κ3) is 6.32. The van der Waals surface area contributed by atoms with Crippen molar-refractivity contribution >= 4 is 40.1 Å². The maximum atomic E-state index is 13.1. The van der Waals surface area contributed by atoms with Crippen LogP contribution in [0.15, 0.2) is 24.3 Å². The average Bonchev–Trinajstić information content (AvgIpc) is 3.04. The Morgan fingerprint density at radius 3 is 1.20 bits per heavy atom. The molecule has 0 N–H and O–H groups in total. The van der Waals surface area contributed by atoms with Crippen molar-refractivity contribution in [2.45, 2.75) is 117 Å². The van der Waals surface area contributed by atoms with Gasteiger partial charge in [-0.25, -0.2) is 0 Å². The summed E-state index contributed by atoms with van der Waals surface area (Å²) in [7, 11) is 0. The molecule has 264 valence electrons. The molecule has 8 bridgehead atoms. The summed E-state index contributed by atoms with van der Waals surface area (Å²) in [5, 5.41) is 0. The van der Waals surface area contributed by atoms with Gasteiger partial charge in [0.1, 0.15) is 0 Å². The summed E-state index contributed by atoms with van der Waals surface area (Å²) in [5.41, 5.74) is 3.78. The SMILES string of the molecule is Cc1cc([Te]c2cc(C)c(OCC(=O)OC3(C)C4CC5CC(C4)CC3C5)cc2C)c(C)cc1OCC(=O)OC1(C)C2CC3CC(C2)CC1C3. The van der Waals surface area contributed by atoms with E-state index in [-0.39, 0.29) is 36.4 Å². The van der Waals surface area contributed by atoms with Crippen LogP contribution in [0.1, 0.15) is 100 Å². The monoisotopic (exact) mass is 784 g/mol. The van der Waals surface area contributed by atoms with Crippen molar-refractivity contribution < 1.29 is 28.5 Å². The van der Waals surface area contributed by atoms with E-state index in [2.05, 4.69) is 65.8 Å². The molecule has 2 aromatic carbocycles. The van der Waals surface area contributed by atoms with Gasteiger partial charge < -0.3 is 0 Å². The number of aryl methyl sites for hydroxylation is 4. The van der Waals surface area contributed by atoms with E-state index in [1.165, 1.54) is 82.6 Å². The van der Waals surface area contributed by atoms with E-state index < -0.39 is 20.9 Å². The van der Waals surface area contributed by atoms with Crippen LogP contribution in [-0.4, -0.2) is 57.3 Å². The Kier molecular flexibility index (Phi) is 8.83. The quantitative estimate of drug-likeness (QED) is 0.194. The van der Waals surface area contributed by atoms with Crippen molar-refractivity contribution in [1.29, 1.82) is 0 Å². The van der Waals surface area contributed by atoms with Crippen molar-refractivity contribution in [2.75, 3.05) is 13.2 Å². The van der Waals surface area contributed by atoms with Gasteiger partial charge in [-0.3, -0.25) is 0 Å². The first kappa shape index (κ1) is 33.9. The summed E-state index contributed by atoms with van der Waals surface area (Å²) in [6.07, 6.45) is 12.5. The Labute approximate surface area is 302 Å². The van der Waals surface area contributed by atoms with Crippen LogP contribution in [0.4, 0.5) is 0 Å². The molecule has 7 heteroatoms. The molecule has 8 aliphatic rings. The van der Waals surface area contributed by atoms with Crippen molar-refractivity contribution in [3.63, 3.8) is 0 Å². The second kappa shape index (κ2) is 12.8. The average molecular weight is 782 g/mol. The molecule has 8 fully saturated rings. The number of carbonyl (C=O) groups is 2. The van der Waals surface area contributed by atoms with Crippen LogP contribution in [-0.2, 0) is 19.1 Å². The van der Waals surface area contributed by atoms with Crippen LogP contribution in [0.2, 0.25) is 0 Å². The Hall–Kier alpha value is -2.23. The molecule has 0 saturated heterocycles. The van der Waals surface area contributed by atoms with Gasteiger partial charge in [0.2, 0.25) is 0 Å². The third-order valence-electron chi connectivity index (χ3n) is 14.0. The predicted molar refractivity (Wildman–Crippen MR) is 191 cm³/mol. The van der Waals surface area contributed by atoms with E-state index in [1.807, 2.05) is 0 Å². The molecular formula is C42H54O6Te. The summed E-state index contributed by atoms with van der Waals surface area (Å²) < 4.78 is 27.4. The molecule has 0 heterocycles. The zero-order valence-corrected chi connectivity index (χ0v) is 32.6. The van der Waals surface area contributed by atoms with Gasteiger partial charge >= 0.3 is 291 Å². The molecule has 2 aromatic rings. The summed E-state index contributed by atoms with van der Waals surface area (Å²) in [4.78, 5) is 26.2. The second-order valence-corrected chi connectivity index (χ2v) is 20.5. The molecule has 0 spiro atoms. The van der Waals surface area contributed by atoms with Gasteiger partial charge in [-0.1, -0.05) is 0 Å². The molecular weight excluding hydrogens is 728 g/mol. The van der Waals surface area contributed by atoms with Gasteiger partial charge in [0.05, 0.1) is 0 Å². The molecule has 0 radical (unpaired) electrons. The van der Waals surface area contributed by atoms with Crippen LogP contribution in [0.25, 0.3) is 0 Å². The topological polar surface area (TPSA) is 71.1 Å². The first-order valence-corrected chi connectivity index (χ1v) is 21.3. The van der Waals surface area contributed by atoms with E-state index in [0.29, 0.717) is 23.7 Å². The molecule has 10 rings (SSSR count). The van der Waals surface area contributed by atoms with Crippen LogP contribution >= 0.6 is 0 Å². The number of esters is 2. The minimum atomic E-state index is -0.690. The molecule has 0 amide bonds. The van der Waals surface area contributed by atoms with Gasteiger partial charge in [0, 0.05) is 0 Å². The van der Waals surface area contributed by atoms with Gasteiger partial charge in [0.25, 0.3) is 0 Å². The van der Waals surface area contributed by atoms with Crippen molar-refractivity contribution in [3.05, 3.63) is 46.5 Å². The molecule has 0 aliphatic heterocycles. The van der Waals surface area contributed by atoms with E-state index in [9.17, 15) is 9.59 Å². The Bertz CT molecular complexity index is 1470. The number of hydrogen-bond donors (Lipinski definition) is 0. The van der Waals surface area contributed by atoms with E-state index in [0.717, 1.165) is 46.3 Å².